The lowest BCUT2D eigenvalue weighted by Gasteiger charge is -2.26. The molecule has 182 valence electrons. The van der Waals surface area contributed by atoms with E-state index in [2.05, 4.69) is 48.0 Å². The first-order valence-corrected chi connectivity index (χ1v) is 12.8. The first kappa shape index (κ1) is 24.5. The van der Waals surface area contributed by atoms with Crippen molar-refractivity contribution in [3.8, 4) is 5.75 Å². The van der Waals surface area contributed by atoms with Gasteiger partial charge in [0, 0.05) is 29.7 Å². The van der Waals surface area contributed by atoms with Crippen LogP contribution in [0.2, 0.25) is 0 Å². The highest BCUT2D eigenvalue weighted by molar-refractivity contribution is 5.82. The van der Waals surface area contributed by atoms with E-state index in [1.54, 1.807) is 6.92 Å². The highest BCUT2D eigenvalue weighted by Crippen LogP contribution is 2.49. The highest BCUT2D eigenvalue weighted by Gasteiger charge is 2.45. The lowest BCUT2D eigenvalue weighted by Crippen LogP contribution is -2.27. The van der Waals surface area contributed by atoms with E-state index in [0.29, 0.717) is 25.9 Å². The molecule has 0 aliphatic heterocycles. The summed E-state index contributed by atoms with van der Waals surface area (Å²) in [6, 6.07) is 14.3. The first-order chi connectivity index (χ1) is 16.4. The summed E-state index contributed by atoms with van der Waals surface area (Å²) < 4.78 is 39.4. The van der Waals surface area contributed by atoms with E-state index in [1.807, 2.05) is 26.0 Å². The molecule has 3 aromatic rings. The van der Waals surface area contributed by atoms with Gasteiger partial charge in [-0.25, -0.2) is 8.78 Å². The van der Waals surface area contributed by atoms with Crippen molar-refractivity contribution in [2.24, 2.45) is 5.92 Å². The predicted octanol–water partition coefficient (Wildman–Crippen LogP) is 8.46. The Bertz CT molecular complexity index is 1170. The third-order valence-electron chi connectivity index (χ3n) is 7.37. The molecule has 0 N–H and O–H groups in total. The SMILES string of the molecule is CCCc1c(OCCCn2ccc3ccccc32)ccc2c1CC(CC)=C2C(F)(F)C(C)CC. The van der Waals surface area contributed by atoms with Crippen molar-refractivity contribution in [3.05, 3.63) is 70.9 Å². The maximum atomic E-state index is 15.5. The van der Waals surface area contributed by atoms with Gasteiger partial charge in [0.2, 0.25) is 0 Å². The summed E-state index contributed by atoms with van der Waals surface area (Å²) in [6.07, 6.45) is 6.55. The van der Waals surface area contributed by atoms with Gasteiger partial charge in [-0.2, -0.15) is 0 Å². The van der Waals surface area contributed by atoms with Crippen LogP contribution in [0.25, 0.3) is 16.5 Å². The number of nitrogens with zero attached hydrogens (tertiary/aromatic N) is 1. The summed E-state index contributed by atoms with van der Waals surface area (Å²) in [5.41, 5.74) is 5.33. The second-order valence-electron chi connectivity index (χ2n) is 9.53. The molecule has 0 spiro atoms. The third kappa shape index (κ3) is 4.52. The van der Waals surface area contributed by atoms with Gasteiger partial charge in [0.05, 0.1) is 6.61 Å². The van der Waals surface area contributed by atoms with Crippen LogP contribution in [0, 0.1) is 5.92 Å². The summed E-state index contributed by atoms with van der Waals surface area (Å²) in [6.45, 7) is 9.13. The van der Waals surface area contributed by atoms with E-state index in [-0.39, 0.29) is 5.57 Å². The van der Waals surface area contributed by atoms with Crippen molar-refractivity contribution < 1.29 is 13.5 Å². The second kappa shape index (κ2) is 10.3. The minimum absolute atomic E-state index is 0.280. The van der Waals surface area contributed by atoms with Crippen LogP contribution in [0.15, 0.2) is 54.2 Å². The molecule has 4 rings (SSSR count). The molecule has 4 heteroatoms. The van der Waals surface area contributed by atoms with Gasteiger partial charge in [0.1, 0.15) is 5.75 Å². The Balaban J connectivity index is 1.53. The van der Waals surface area contributed by atoms with E-state index in [4.69, 9.17) is 4.74 Å². The standard InChI is InChI=1S/C30H37F2NO/c1-5-11-24-26-20-22(7-3)29(30(31,32)21(4)6-2)25(26)14-15-28(24)34-19-10-17-33-18-16-23-12-8-9-13-27(23)33/h8-9,12-16,18,21H,5-7,10-11,17,19-20H2,1-4H3. The number of fused-ring (bicyclic) bond motifs is 2. The smallest absolute Gasteiger partial charge is 0.276 e. The number of rotatable bonds is 11. The molecular weight excluding hydrogens is 428 g/mol. The average molecular weight is 466 g/mol. The molecule has 2 aromatic carbocycles. The lowest BCUT2D eigenvalue weighted by molar-refractivity contribution is 0.00776. The predicted molar refractivity (Wildman–Crippen MR) is 138 cm³/mol. The molecule has 34 heavy (non-hydrogen) atoms. The van der Waals surface area contributed by atoms with E-state index in [9.17, 15) is 0 Å². The molecule has 0 fully saturated rings. The molecule has 0 bridgehead atoms. The number of alkyl halides is 2. The van der Waals surface area contributed by atoms with Gasteiger partial charge in [-0.3, -0.25) is 0 Å². The fraction of sp³-hybridized carbons (Fsp3) is 0.467. The zero-order valence-electron chi connectivity index (χ0n) is 21.0. The summed E-state index contributed by atoms with van der Waals surface area (Å²) in [5, 5.41) is 1.25. The van der Waals surface area contributed by atoms with Gasteiger partial charge in [0.15, 0.2) is 0 Å². The number of benzene rings is 2. The number of aromatic nitrogens is 1. The number of allylic oxidation sites excluding steroid dienone is 2. The molecule has 1 atom stereocenters. The van der Waals surface area contributed by atoms with Crippen molar-refractivity contribution >= 4 is 16.5 Å². The quantitative estimate of drug-likeness (QED) is 0.259. The van der Waals surface area contributed by atoms with Crippen LogP contribution >= 0.6 is 0 Å². The summed E-state index contributed by atoms with van der Waals surface area (Å²) in [5.74, 6) is -2.62. The maximum Gasteiger partial charge on any atom is 0.276 e. The van der Waals surface area contributed by atoms with Crippen LogP contribution in [0.4, 0.5) is 8.78 Å². The molecule has 1 aliphatic rings. The van der Waals surface area contributed by atoms with Gasteiger partial charge < -0.3 is 9.30 Å². The number of hydrogen-bond donors (Lipinski definition) is 0. The van der Waals surface area contributed by atoms with Crippen molar-refractivity contribution in [2.75, 3.05) is 6.61 Å². The highest BCUT2D eigenvalue weighted by atomic mass is 19.3. The van der Waals surface area contributed by atoms with Gasteiger partial charge in [-0.15, -0.1) is 0 Å². The normalized spacial score (nSPS) is 14.6. The van der Waals surface area contributed by atoms with E-state index in [0.717, 1.165) is 53.8 Å². The van der Waals surface area contributed by atoms with Crippen molar-refractivity contribution in [2.45, 2.75) is 78.7 Å². The average Bonchev–Trinajstić information content (AvgIpc) is 3.44. The molecule has 0 amide bonds. The van der Waals surface area contributed by atoms with Crippen LogP contribution in [0.1, 0.15) is 70.1 Å². The molecule has 2 nitrogen and oxygen atoms in total. The molecule has 0 saturated heterocycles. The minimum Gasteiger partial charge on any atom is -0.493 e. The Morgan fingerprint density at radius 2 is 1.85 bits per heavy atom. The molecule has 1 unspecified atom stereocenters. The zero-order valence-corrected chi connectivity index (χ0v) is 21.0. The first-order valence-electron chi connectivity index (χ1n) is 12.8. The fourth-order valence-electron chi connectivity index (χ4n) is 5.23. The Labute approximate surface area is 202 Å². The van der Waals surface area contributed by atoms with E-state index >= 15 is 8.78 Å². The van der Waals surface area contributed by atoms with Crippen LogP contribution in [-0.2, 0) is 19.4 Å². The van der Waals surface area contributed by atoms with Crippen LogP contribution < -0.4 is 4.74 Å². The lowest BCUT2D eigenvalue weighted by atomic mass is 9.87. The summed E-state index contributed by atoms with van der Waals surface area (Å²) in [7, 11) is 0. The summed E-state index contributed by atoms with van der Waals surface area (Å²) >= 11 is 0. The molecule has 1 aromatic heterocycles. The van der Waals surface area contributed by atoms with Gasteiger partial charge in [0.25, 0.3) is 5.92 Å². The van der Waals surface area contributed by atoms with Gasteiger partial charge in [-0.1, -0.05) is 64.0 Å². The largest absolute Gasteiger partial charge is 0.493 e. The number of ether oxygens (including phenoxy) is 1. The molecule has 0 radical (unpaired) electrons. The van der Waals surface area contributed by atoms with Gasteiger partial charge >= 0.3 is 0 Å². The van der Waals surface area contributed by atoms with E-state index < -0.39 is 11.8 Å². The Hall–Kier alpha value is -2.62. The zero-order chi connectivity index (χ0) is 24.3. The van der Waals surface area contributed by atoms with Crippen LogP contribution in [0.5, 0.6) is 5.75 Å². The molecule has 1 aliphatic carbocycles. The van der Waals surface area contributed by atoms with Crippen molar-refractivity contribution in [1.82, 2.24) is 4.57 Å². The molecular formula is C30H37F2NO. The Morgan fingerprint density at radius 1 is 1.06 bits per heavy atom. The number of hydrogen-bond acceptors (Lipinski definition) is 1. The molecule has 1 heterocycles. The van der Waals surface area contributed by atoms with Gasteiger partial charge in [-0.05, 0) is 72.4 Å². The maximum absolute atomic E-state index is 15.5. The Morgan fingerprint density at radius 3 is 2.59 bits per heavy atom. The minimum atomic E-state index is -2.81. The molecule has 0 saturated carbocycles. The second-order valence-corrected chi connectivity index (χ2v) is 9.53. The van der Waals surface area contributed by atoms with E-state index in [1.165, 1.54) is 10.9 Å². The Kier molecular flexibility index (Phi) is 7.45. The monoisotopic (exact) mass is 465 g/mol. The third-order valence-corrected chi connectivity index (χ3v) is 7.37. The van der Waals surface area contributed by atoms with Crippen LogP contribution in [-0.4, -0.2) is 17.1 Å². The van der Waals surface area contributed by atoms with Crippen molar-refractivity contribution in [3.63, 3.8) is 0 Å². The number of aryl methyl sites for hydroxylation is 1. The van der Waals surface area contributed by atoms with Crippen molar-refractivity contribution in [1.29, 1.82) is 0 Å². The summed E-state index contributed by atoms with van der Waals surface area (Å²) in [4.78, 5) is 0. The number of para-hydroxylation sites is 1. The van der Waals surface area contributed by atoms with Crippen LogP contribution in [0.3, 0.4) is 0 Å². The number of halogens is 2. The topological polar surface area (TPSA) is 14.2 Å². The fourth-order valence-corrected chi connectivity index (χ4v) is 5.23.